The quantitative estimate of drug-likeness (QED) is 0.756. The van der Waals surface area contributed by atoms with Crippen LogP contribution in [0.3, 0.4) is 0 Å². The lowest BCUT2D eigenvalue weighted by atomic mass is 10.0. The predicted molar refractivity (Wildman–Crippen MR) is 95.4 cm³/mol. The summed E-state index contributed by atoms with van der Waals surface area (Å²) >= 11 is 3.28. The number of amides is 1. The molecular formula is C17H24N2OS2. The van der Waals surface area contributed by atoms with Gasteiger partial charge in [0.05, 0.1) is 17.0 Å². The SMILES string of the molecule is CC(C)CCCC(C)NC(=O)Cc1csc(-c2cccs2)n1. The van der Waals surface area contributed by atoms with Crippen molar-refractivity contribution in [2.24, 2.45) is 5.92 Å². The van der Waals surface area contributed by atoms with E-state index in [0.29, 0.717) is 6.42 Å². The molecule has 1 amide bonds. The Hall–Kier alpha value is -1.20. The van der Waals surface area contributed by atoms with Gasteiger partial charge in [-0.05, 0) is 30.7 Å². The minimum atomic E-state index is 0.0695. The van der Waals surface area contributed by atoms with Crippen LogP contribution in [0.4, 0.5) is 0 Å². The number of rotatable bonds is 8. The average Bonchev–Trinajstić information content (AvgIpc) is 3.07. The van der Waals surface area contributed by atoms with Gasteiger partial charge in [0.1, 0.15) is 5.01 Å². The van der Waals surface area contributed by atoms with Crippen molar-refractivity contribution in [2.75, 3.05) is 0 Å². The van der Waals surface area contributed by atoms with E-state index in [1.54, 1.807) is 22.7 Å². The Balaban J connectivity index is 1.77. The van der Waals surface area contributed by atoms with Crippen molar-refractivity contribution >= 4 is 28.6 Å². The highest BCUT2D eigenvalue weighted by molar-refractivity contribution is 7.20. The van der Waals surface area contributed by atoms with Gasteiger partial charge in [-0.2, -0.15) is 0 Å². The molecule has 3 nitrogen and oxygen atoms in total. The van der Waals surface area contributed by atoms with Gasteiger partial charge in [0, 0.05) is 11.4 Å². The van der Waals surface area contributed by atoms with E-state index in [2.05, 4.69) is 37.1 Å². The van der Waals surface area contributed by atoms with Gasteiger partial charge in [0.25, 0.3) is 0 Å². The first-order chi connectivity index (χ1) is 10.5. The third-order valence-corrected chi connectivity index (χ3v) is 5.38. The molecule has 0 aliphatic carbocycles. The molecule has 1 atom stereocenters. The monoisotopic (exact) mass is 336 g/mol. The highest BCUT2D eigenvalue weighted by Gasteiger charge is 2.12. The molecule has 0 bridgehead atoms. The molecule has 22 heavy (non-hydrogen) atoms. The van der Waals surface area contributed by atoms with E-state index in [9.17, 15) is 4.79 Å². The van der Waals surface area contributed by atoms with Crippen molar-refractivity contribution in [1.29, 1.82) is 0 Å². The first-order valence-electron chi connectivity index (χ1n) is 7.82. The number of aromatic nitrogens is 1. The summed E-state index contributed by atoms with van der Waals surface area (Å²) in [4.78, 5) is 17.8. The van der Waals surface area contributed by atoms with E-state index < -0.39 is 0 Å². The minimum absolute atomic E-state index is 0.0695. The van der Waals surface area contributed by atoms with Crippen LogP contribution < -0.4 is 5.32 Å². The van der Waals surface area contributed by atoms with Gasteiger partial charge in [-0.25, -0.2) is 4.98 Å². The van der Waals surface area contributed by atoms with Crippen LogP contribution in [0.25, 0.3) is 9.88 Å². The second kappa shape index (κ2) is 8.44. The van der Waals surface area contributed by atoms with Gasteiger partial charge in [-0.1, -0.05) is 32.8 Å². The van der Waals surface area contributed by atoms with Crippen LogP contribution in [0.5, 0.6) is 0 Å². The van der Waals surface area contributed by atoms with Gasteiger partial charge >= 0.3 is 0 Å². The molecule has 0 radical (unpaired) electrons. The standard InChI is InChI=1S/C17H24N2OS2/c1-12(2)6-4-7-13(3)18-16(20)10-14-11-22-17(19-14)15-8-5-9-21-15/h5,8-9,11-13H,4,6-7,10H2,1-3H3,(H,18,20). The summed E-state index contributed by atoms with van der Waals surface area (Å²) in [5, 5.41) is 8.10. The Morgan fingerprint density at radius 2 is 2.09 bits per heavy atom. The lowest BCUT2D eigenvalue weighted by Crippen LogP contribution is -2.33. The molecule has 5 heteroatoms. The first kappa shape index (κ1) is 17.2. The van der Waals surface area contributed by atoms with Crippen molar-refractivity contribution in [3.05, 3.63) is 28.6 Å². The molecule has 2 aromatic heterocycles. The Kier molecular flexibility index (Phi) is 6.58. The smallest absolute Gasteiger partial charge is 0.226 e. The fourth-order valence-electron chi connectivity index (χ4n) is 2.30. The van der Waals surface area contributed by atoms with E-state index in [0.717, 1.165) is 23.0 Å². The average molecular weight is 337 g/mol. The molecule has 0 aromatic carbocycles. The summed E-state index contributed by atoms with van der Waals surface area (Å²) in [6.07, 6.45) is 3.80. The maximum Gasteiger partial charge on any atom is 0.226 e. The van der Waals surface area contributed by atoms with Crippen LogP contribution in [-0.4, -0.2) is 16.9 Å². The molecule has 0 spiro atoms. The van der Waals surface area contributed by atoms with Crippen molar-refractivity contribution in [1.82, 2.24) is 10.3 Å². The first-order valence-corrected chi connectivity index (χ1v) is 9.58. The Labute approximate surface area is 140 Å². The van der Waals surface area contributed by atoms with Gasteiger partial charge in [0.2, 0.25) is 5.91 Å². The molecule has 0 saturated heterocycles. The second-order valence-corrected chi connectivity index (χ2v) is 7.90. The van der Waals surface area contributed by atoms with Gasteiger partial charge in [0.15, 0.2) is 0 Å². The second-order valence-electron chi connectivity index (χ2n) is 6.09. The lowest BCUT2D eigenvalue weighted by Gasteiger charge is -2.14. The summed E-state index contributed by atoms with van der Waals surface area (Å²) in [6.45, 7) is 6.55. The molecule has 0 fully saturated rings. The Morgan fingerprint density at radius 1 is 1.27 bits per heavy atom. The largest absolute Gasteiger partial charge is 0.353 e. The molecule has 1 unspecified atom stereocenters. The lowest BCUT2D eigenvalue weighted by molar-refractivity contribution is -0.121. The number of hydrogen-bond donors (Lipinski definition) is 1. The summed E-state index contributed by atoms with van der Waals surface area (Å²) < 4.78 is 0. The number of carbonyl (C=O) groups excluding carboxylic acids is 1. The number of nitrogens with zero attached hydrogens (tertiary/aromatic N) is 1. The molecule has 120 valence electrons. The summed E-state index contributed by atoms with van der Waals surface area (Å²) in [6, 6.07) is 4.32. The van der Waals surface area contributed by atoms with E-state index in [1.807, 2.05) is 16.8 Å². The van der Waals surface area contributed by atoms with Crippen LogP contribution in [-0.2, 0) is 11.2 Å². The number of hydrogen-bond acceptors (Lipinski definition) is 4. The summed E-state index contributed by atoms with van der Waals surface area (Å²) in [7, 11) is 0. The summed E-state index contributed by atoms with van der Waals surface area (Å²) in [5.41, 5.74) is 0.861. The van der Waals surface area contributed by atoms with E-state index in [4.69, 9.17) is 0 Å². The van der Waals surface area contributed by atoms with Crippen LogP contribution in [0, 0.1) is 5.92 Å². The normalized spacial score (nSPS) is 12.5. The minimum Gasteiger partial charge on any atom is -0.353 e. The highest BCUT2D eigenvalue weighted by atomic mass is 32.1. The molecule has 0 aliphatic rings. The van der Waals surface area contributed by atoms with Gasteiger partial charge < -0.3 is 5.32 Å². The third kappa shape index (κ3) is 5.54. The number of thiophene rings is 1. The molecule has 2 rings (SSSR count). The topological polar surface area (TPSA) is 42.0 Å². The zero-order valence-corrected chi connectivity index (χ0v) is 15.1. The van der Waals surface area contributed by atoms with Crippen molar-refractivity contribution in [3.8, 4) is 9.88 Å². The van der Waals surface area contributed by atoms with Gasteiger partial charge in [-0.3, -0.25) is 4.79 Å². The van der Waals surface area contributed by atoms with E-state index in [1.165, 1.54) is 17.7 Å². The molecule has 2 aromatic rings. The maximum atomic E-state index is 12.1. The maximum absolute atomic E-state index is 12.1. The van der Waals surface area contributed by atoms with Crippen molar-refractivity contribution < 1.29 is 4.79 Å². The van der Waals surface area contributed by atoms with E-state index >= 15 is 0 Å². The number of thiazole rings is 1. The van der Waals surface area contributed by atoms with Crippen LogP contribution >= 0.6 is 22.7 Å². The predicted octanol–water partition coefficient (Wildman–Crippen LogP) is 4.75. The van der Waals surface area contributed by atoms with Crippen LogP contribution in [0.15, 0.2) is 22.9 Å². The van der Waals surface area contributed by atoms with Crippen LogP contribution in [0.2, 0.25) is 0 Å². The van der Waals surface area contributed by atoms with Crippen molar-refractivity contribution in [3.63, 3.8) is 0 Å². The molecule has 0 saturated carbocycles. The molecule has 0 aliphatic heterocycles. The third-order valence-electron chi connectivity index (χ3n) is 3.45. The highest BCUT2D eigenvalue weighted by Crippen LogP contribution is 2.27. The number of nitrogens with one attached hydrogen (secondary N) is 1. The zero-order valence-electron chi connectivity index (χ0n) is 13.5. The Bertz CT molecular complexity index is 575. The Morgan fingerprint density at radius 3 is 2.77 bits per heavy atom. The summed E-state index contributed by atoms with van der Waals surface area (Å²) in [5.74, 6) is 0.800. The van der Waals surface area contributed by atoms with Crippen molar-refractivity contribution in [2.45, 2.75) is 52.5 Å². The fraction of sp³-hybridized carbons (Fsp3) is 0.529. The molecule has 2 heterocycles. The van der Waals surface area contributed by atoms with Crippen LogP contribution in [0.1, 0.15) is 45.7 Å². The fourth-order valence-corrected chi connectivity index (χ4v) is 3.93. The van der Waals surface area contributed by atoms with E-state index in [-0.39, 0.29) is 11.9 Å². The zero-order chi connectivity index (χ0) is 15.9. The molecular weight excluding hydrogens is 312 g/mol. The molecule has 1 N–H and O–H groups in total. The van der Waals surface area contributed by atoms with Gasteiger partial charge in [-0.15, -0.1) is 22.7 Å². The number of carbonyl (C=O) groups is 1.